The highest BCUT2D eigenvalue weighted by Crippen LogP contribution is 2.24. The smallest absolute Gasteiger partial charge is 0.305 e. The van der Waals surface area contributed by atoms with Gasteiger partial charge in [-0.1, -0.05) is 35.9 Å². The van der Waals surface area contributed by atoms with Crippen LogP contribution in [0, 0.1) is 11.3 Å². The predicted octanol–water partition coefficient (Wildman–Crippen LogP) is 4.03. The van der Waals surface area contributed by atoms with Gasteiger partial charge in [-0.25, -0.2) is 13.1 Å². The van der Waals surface area contributed by atoms with Crippen LogP contribution in [0.3, 0.4) is 0 Å². The summed E-state index contributed by atoms with van der Waals surface area (Å²) in [4.78, 5) is 13.7. The van der Waals surface area contributed by atoms with Crippen LogP contribution in [0.5, 0.6) is 0 Å². The molecule has 9 heteroatoms. The number of ether oxygens (including phenoxy) is 1. The minimum Gasteiger partial charge on any atom is -0.469 e. The number of esters is 1. The average molecular weight is 502 g/mol. The Morgan fingerprint density at radius 2 is 1.94 bits per heavy atom. The van der Waals surface area contributed by atoms with E-state index in [-0.39, 0.29) is 22.9 Å². The first-order valence-corrected chi connectivity index (χ1v) is 12.9. The molecule has 34 heavy (non-hydrogen) atoms. The Bertz CT molecular complexity index is 1140. The topological polar surface area (TPSA) is 99.5 Å². The van der Waals surface area contributed by atoms with E-state index < -0.39 is 10.0 Å². The fraction of sp³-hybridized carbons (Fsp3) is 0.360. The van der Waals surface area contributed by atoms with E-state index in [1.54, 1.807) is 24.3 Å². The average Bonchev–Trinajstić information content (AvgIpc) is 3.19. The summed E-state index contributed by atoms with van der Waals surface area (Å²) < 4.78 is 33.2. The Kier molecular flexibility index (Phi) is 9.25. The van der Waals surface area contributed by atoms with E-state index in [4.69, 9.17) is 16.9 Å². The Morgan fingerprint density at radius 3 is 2.59 bits per heavy atom. The second-order valence-electron chi connectivity index (χ2n) is 8.21. The Hall–Kier alpha value is -2.70. The molecule has 1 fully saturated rings. The third-order valence-electron chi connectivity index (χ3n) is 5.70. The molecule has 0 unspecified atom stereocenters. The van der Waals surface area contributed by atoms with Gasteiger partial charge in [-0.2, -0.15) is 5.26 Å². The molecule has 0 radical (unpaired) electrons. The summed E-state index contributed by atoms with van der Waals surface area (Å²) in [5.74, 6) is -0.228. The number of halogens is 1. The van der Waals surface area contributed by atoms with Crippen molar-refractivity contribution in [3.05, 3.63) is 76.8 Å². The summed E-state index contributed by atoms with van der Waals surface area (Å²) in [5.41, 5.74) is 1.64. The SMILES string of the molecule is COC(=O)CCC/C=C\[C@@H]1C[C@@H](NS(=O)(=O)c2ccc(Cl)cc2)CN1Cc1ccc(C#N)cc1. The van der Waals surface area contributed by atoms with Gasteiger partial charge in [-0.3, -0.25) is 9.69 Å². The number of nitriles is 1. The lowest BCUT2D eigenvalue weighted by atomic mass is 10.1. The monoisotopic (exact) mass is 501 g/mol. The molecule has 0 aromatic heterocycles. The van der Waals surface area contributed by atoms with Crippen LogP contribution in [-0.2, 0) is 26.1 Å². The van der Waals surface area contributed by atoms with E-state index in [1.165, 1.54) is 19.2 Å². The number of unbranched alkanes of at least 4 members (excludes halogenated alkanes) is 1. The number of sulfonamides is 1. The third kappa shape index (κ3) is 7.40. The number of benzene rings is 2. The molecule has 1 heterocycles. The predicted molar refractivity (Wildman–Crippen MR) is 131 cm³/mol. The highest BCUT2D eigenvalue weighted by atomic mass is 35.5. The van der Waals surface area contributed by atoms with E-state index in [1.807, 2.05) is 18.2 Å². The number of hydrogen-bond acceptors (Lipinski definition) is 6. The first-order valence-electron chi connectivity index (χ1n) is 11.0. The van der Waals surface area contributed by atoms with Crippen LogP contribution in [0.1, 0.15) is 36.8 Å². The number of likely N-dealkylation sites (tertiary alicyclic amines) is 1. The molecule has 180 valence electrons. The molecule has 0 saturated carbocycles. The zero-order valence-corrected chi connectivity index (χ0v) is 20.6. The summed E-state index contributed by atoms with van der Waals surface area (Å²) in [5, 5.41) is 9.50. The zero-order valence-electron chi connectivity index (χ0n) is 19.0. The quantitative estimate of drug-likeness (QED) is 0.300. The first kappa shape index (κ1) is 25.9. The maximum Gasteiger partial charge on any atom is 0.305 e. The van der Waals surface area contributed by atoms with Crippen molar-refractivity contribution in [2.75, 3.05) is 13.7 Å². The fourth-order valence-corrected chi connectivity index (χ4v) is 5.31. The number of carbonyl (C=O) groups is 1. The maximum absolute atomic E-state index is 12.9. The fourth-order valence-electron chi connectivity index (χ4n) is 3.94. The van der Waals surface area contributed by atoms with Crippen LogP contribution < -0.4 is 4.72 Å². The lowest BCUT2D eigenvalue weighted by Gasteiger charge is -2.22. The lowest BCUT2D eigenvalue weighted by molar-refractivity contribution is -0.140. The molecule has 1 aliphatic rings. The van der Waals surface area contributed by atoms with Gasteiger partial charge in [0, 0.05) is 36.6 Å². The van der Waals surface area contributed by atoms with E-state index in [9.17, 15) is 13.2 Å². The van der Waals surface area contributed by atoms with Crippen molar-refractivity contribution in [3.8, 4) is 6.07 Å². The normalized spacial score (nSPS) is 18.7. The van der Waals surface area contributed by atoms with Crippen LogP contribution >= 0.6 is 11.6 Å². The minimum atomic E-state index is -3.68. The van der Waals surface area contributed by atoms with Crippen molar-refractivity contribution in [1.82, 2.24) is 9.62 Å². The van der Waals surface area contributed by atoms with Crippen LogP contribution in [0.2, 0.25) is 5.02 Å². The molecule has 0 amide bonds. The van der Waals surface area contributed by atoms with Gasteiger partial charge in [0.25, 0.3) is 0 Å². The number of rotatable bonds is 10. The Morgan fingerprint density at radius 1 is 1.24 bits per heavy atom. The summed E-state index contributed by atoms with van der Waals surface area (Å²) >= 11 is 5.89. The number of nitrogens with one attached hydrogen (secondary N) is 1. The molecule has 2 aromatic carbocycles. The Labute approximate surface area is 206 Å². The van der Waals surface area contributed by atoms with E-state index >= 15 is 0 Å². The van der Waals surface area contributed by atoms with Gasteiger partial charge in [0.05, 0.1) is 23.6 Å². The van der Waals surface area contributed by atoms with Gasteiger partial charge < -0.3 is 4.74 Å². The number of hydrogen-bond donors (Lipinski definition) is 1. The van der Waals surface area contributed by atoms with Crippen molar-refractivity contribution in [2.24, 2.45) is 0 Å². The highest BCUT2D eigenvalue weighted by molar-refractivity contribution is 7.89. The molecule has 0 spiro atoms. The molecule has 2 atom stereocenters. The minimum absolute atomic E-state index is 0.0340. The van der Waals surface area contributed by atoms with Gasteiger partial charge in [0.15, 0.2) is 0 Å². The van der Waals surface area contributed by atoms with Gasteiger partial charge in [0.2, 0.25) is 10.0 Å². The molecule has 1 aliphatic heterocycles. The third-order valence-corrected chi connectivity index (χ3v) is 7.49. The molecular weight excluding hydrogens is 474 g/mol. The summed E-state index contributed by atoms with van der Waals surface area (Å²) in [6.07, 6.45) is 6.53. The molecule has 7 nitrogen and oxygen atoms in total. The molecule has 1 saturated heterocycles. The van der Waals surface area contributed by atoms with Gasteiger partial charge in [0.1, 0.15) is 0 Å². The largest absolute Gasteiger partial charge is 0.469 e. The molecular formula is C25H28ClN3O4S. The number of nitrogens with zero attached hydrogens (tertiary/aromatic N) is 2. The standard InChI is InChI=1S/C25H28ClN3O4S/c1-33-25(30)6-4-2-3-5-23-15-22(28-34(31,32)24-13-11-21(26)12-14-24)18-29(23)17-20-9-7-19(16-27)8-10-20/h3,5,7-14,22-23,28H,2,4,6,15,17-18H2,1H3/b5-3-/t22-,23-/m1/s1. The number of methoxy groups -OCH3 is 1. The summed E-state index contributed by atoms with van der Waals surface area (Å²) in [6.45, 7) is 1.17. The molecule has 2 aromatic rings. The maximum atomic E-state index is 12.9. The zero-order chi connectivity index (χ0) is 24.6. The van der Waals surface area contributed by atoms with Crippen LogP contribution in [0.15, 0.2) is 65.6 Å². The van der Waals surface area contributed by atoms with E-state index in [0.29, 0.717) is 42.9 Å². The van der Waals surface area contributed by atoms with Crippen molar-refractivity contribution >= 4 is 27.6 Å². The van der Waals surface area contributed by atoms with Crippen LogP contribution in [-0.4, -0.2) is 45.0 Å². The summed E-state index contributed by atoms with van der Waals surface area (Å²) in [6, 6.07) is 15.4. The van der Waals surface area contributed by atoms with Crippen molar-refractivity contribution in [2.45, 2.75) is 49.2 Å². The first-order chi connectivity index (χ1) is 16.3. The number of allylic oxidation sites excluding steroid dienone is 1. The van der Waals surface area contributed by atoms with Crippen molar-refractivity contribution in [3.63, 3.8) is 0 Å². The van der Waals surface area contributed by atoms with Crippen molar-refractivity contribution in [1.29, 1.82) is 5.26 Å². The second kappa shape index (κ2) is 12.1. The van der Waals surface area contributed by atoms with E-state index in [0.717, 1.165) is 12.0 Å². The molecule has 3 rings (SSSR count). The van der Waals surface area contributed by atoms with Gasteiger partial charge in [-0.15, -0.1) is 0 Å². The summed E-state index contributed by atoms with van der Waals surface area (Å²) in [7, 11) is -2.30. The molecule has 0 bridgehead atoms. The van der Waals surface area contributed by atoms with Gasteiger partial charge in [-0.05, 0) is 61.2 Å². The van der Waals surface area contributed by atoms with Gasteiger partial charge >= 0.3 is 5.97 Å². The highest BCUT2D eigenvalue weighted by Gasteiger charge is 2.33. The van der Waals surface area contributed by atoms with Crippen LogP contribution in [0.4, 0.5) is 0 Å². The lowest BCUT2D eigenvalue weighted by Crippen LogP contribution is -2.37. The molecule has 1 N–H and O–H groups in total. The second-order valence-corrected chi connectivity index (χ2v) is 10.4. The Balaban J connectivity index is 1.69. The van der Waals surface area contributed by atoms with Crippen molar-refractivity contribution < 1.29 is 17.9 Å². The molecule has 0 aliphatic carbocycles. The van der Waals surface area contributed by atoms with E-state index in [2.05, 4.69) is 26.5 Å². The number of carbonyl (C=O) groups excluding carboxylic acids is 1. The van der Waals surface area contributed by atoms with Crippen LogP contribution in [0.25, 0.3) is 0 Å².